The number of pyridine rings is 1. The Hall–Kier alpha value is -3.27. The Bertz CT molecular complexity index is 1220. The number of aryl methyl sites for hydroxylation is 1. The second-order valence-corrected chi connectivity index (χ2v) is 9.18. The van der Waals surface area contributed by atoms with Crippen molar-refractivity contribution < 1.29 is 28.6 Å². The van der Waals surface area contributed by atoms with Crippen LogP contribution < -0.4 is 10.7 Å². The molecule has 1 saturated heterocycles. The highest BCUT2D eigenvalue weighted by molar-refractivity contribution is 5.99. The van der Waals surface area contributed by atoms with Crippen LogP contribution in [0.15, 0.2) is 23.1 Å². The third-order valence-electron chi connectivity index (χ3n) is 7.09. The number of fused-ring (bicyclic) bond motifs is 4. The largest absolute Gasteiger partial charge is 0.503 e. The molecule has 3 atom stereocenters. The van der Waals surface area contributed by atoms with E-state index in [1.807, 2.05) is 6.92 Å². The lowest BCUT2D eigenvalue weighted by molar-refractivity contribution is -0.0272. The molecule has 1 aromatic carbocycles. The Labute approximate surface area is 194 Å². The number of halogens is 2. The fraction of sp³-hybridized carbons (Fsp3) is 0.458. The van der Waals surface area contributed by atoms with Gasteiger partial charge in [0.2, 0.25) is 5.43 Å². The molecule has 2 amide bonds. The van der Waals surface area contributed by atoms with Gasteiger partial charge in [0, 0.05) is 30.9 Å². The van der Waals surface area contributed by atoms with Crippen molar-refractivity contribution in [3.63, 3.8) is 0 Å². The number of aliphatic hydroxyl groups is 1. The van der Waals surface area contributed by atoms with Crippen LogP contribution in [0.3, 0.4) is 0 Å². The molecule has 2 aromatic rings. The Balaban J connectivity index is 1.75. The smallest absolute Gasteiger partial charge is 0.274 e. The first-order valence-corrected chi connectivity index (χ1v) is 11.2. The van der Waals surface area contributed by atoms with E-state index in [1.54, 1.807) is 6.92 Å². The quantitative estimate of drug-likeness (QED) is 0.629. The van der Waals surface area contributed by atoms with E-state index < -0.39 is 58.4 Å². The number of amides is 2. The lowest BCUT2D eigenvalue weighted by Crippen LogP contribution is -2.52. The maximum absolute atomic E-state index is 14.1. The SMILES string of the molecule is CC[C@]1(O)CC[C@H](C)N2C[C@H]1n1cc(C(=O)NCc3c(F)cc(C)cc3F)c(=O)c(O)c1C2=O. The summed E-state index contributed by atoms with van der Waals surface area (Å²) in [5.41, 5.74) is -3.08. The number of aromatic nitrogens is 1. The maximum atomic E-state index is 14.1. The fourth-order valence-corrected chi connectivity index (χ4v) is 4.90. The maximum Gasteiger partial charge on any atom is 0.274 e. The van der Waals surface area contributed by atoms with E-state index in [0.717, 1.165) is 18.3 Å². The number of benzene rings is 1. The molecular weight excluding hydrogens is 448 g/mol. The molecule has 34 heavy (non-hydrogen) atoms. The van der Waals surface area contributed by atoms with Gasteiger partial charge in [0.15, 0.2) is 11.4 Å². The highest BCUT2D eigenvalue weighted by atomic mass is 19.1. The summed E-state index contributed by atoms with van der Waals surface area (Å²) in [5.74, 6) is -4.10. The Morgan fingerprint density at radius 2 is 1.91 bits per heavy atom. The fourth-order valence-electron chi connectivity index (χ4n) is 4.90. The van der Waals surface area contributed by atoms with Crippen LogP contribution in [0.2, 0.25) is 0 Å². The monoisotopic (exact) mass is 475 g/mol. The van der Waals surface area contributed by atoms with Crippen LogP contribution in [0.25, 0.3) is 0 Å². The summed E-state index contributed by atoms with van der Waals surface area (Å²) < 4.78 is 29.6. The van der Waals surface area contributed by atoms with E-state index in [2.05, 4.69) is 5.32 Å². The first kappa shape index (κ1) is 23.9. The van der Waals surface area contributed by atoms with Crippen LogP contribution in [0, 0.1) is 18.6 Å². The van der Waals surface area contributed by atoms with Gasteiger partial charge < -0.3 is 25.0 Å². The molecule has 3 N–H and O–H groups in total. The van der Waals surface area contributed by atoms with Gasteiger partial charge in [0.1, 0.15) is 17.2 Å². The van der Waals surface area contributed by atoms with Crippen molar-refractivity contribution >= 4 is 11.8 Å². The average Bonchev–Trinajstić information content (AvgIpc) is 2.89. The summed E-state index contributed by atoms with van der Waals surface area (Å²) in [5, 5.41) is 24.3. The molecule has 2 bridgehead atoms. The van der Waals surface area contributed by atoms with E-state index >= 15 is 0 Å². The first-order chi connectivity index (χ1) is 16.0. The van der Waals surface area contributed by atoms with Crippen LogP contribution >= 0.6 is 0 Å². The van der Waals surface area contributed by atoms with Gasteiger partial charge in [-0.05, 0) is 50.8 Å². The minimum atomic E-state index is -1.23. The third-order valence-corrected chi connectivity index (χ3v) is 7.09. The van der Waals surface area contributed by atoms with Crippen molar-refractivity contribution in [2.45, 2.75) is 64.3 Å². The Kier molecular flexibility index (Phi) is 5.97. The highest BCUT2D eigenvalue weighted by Crippen LogP contribution is 2.41. The number of nitrogens with one attached hydrogen (secondary N) is 1. The van der Waals surface area contributed by atoms with E-state index in [-0.39, 0.29) is 23.8 Å². The van der Waals surface area contributed by atoms with Gasteiger partial charge in [-0.25, -0.2) is 8.78 Å². The highest BCUT2D eigenvalue weighted by Gasteiger charge is 2.48. The van der Waals surface area contributed by atoms with Gasteiger partial charge in [0.25, 0.3) is 11.8 Å². The molecule has 3 heterocycles. The number of aromatic hydroxyl groups is 1. The Morgan fingerprint density at radius 1 is 1.26 bits per heavy atom. The summed E-state index contributed by atoms with van der Waals surface area (Å²) in [7, 11) is 0. The molecular formula is C24H27F2N3O5. The minimum absolute atomic E-state index is 0.153. The molecule has 0 saturated carbocycles. The van der Waals surface area contributed by atoms with Crippen molar-refractivity contribution in [1.82, 2.24) is 14.8 Å². The first-order valence-electron chi connectivity index (χ1n) is 11.2. The van der Waals surface area contributed by atoms with Gasteiger partial charge in [-0.3, -0.25) is 14.4 Å². The summed E-state index contributed by atoms with van der Waals surface area (Å²) in [6, 6.07) is 1.35. The predicted molar refractivity (Wildman–Crippen MR) is 119 cm³/mol. The van der Waals surface area contributed by atoms with Gasteiger partial charge in [0.05, 0.1) is 11.6 Å². The van der Waals surface area contributed by atoms with Crippen molar-refractivity contribution in [2.75, 3.05) is 6.54 Å². The molecule has 0 aliphatic carbocycles. The second-order valence-electron chi connectivity index (χ2n) is 9.18. The predicted octanol–water partition coefficient (Wildman–Crippen LogP) is 2.39. The Morgan fingerprint density at radius 3 is 2.53 bits per heavy atom. The van der Waals surface area contributed by atoms with E-state index in [4.69, 9.17) is 0 Å². The summed E-state index contributed by atoms with van der Waals surface area (Å²) in [4.78, 5) is 40.3. The zero-order chi connectivity index (χ0) is 24.9. The normalized spacial score (nSPS) is 23.9. The van der Waals surface area contributed by atoms with Gasteiger partial charge in [-0.2, -0.15) is 0 Å². The molecule has 0 radical (unpaired) electrons. The molecule has 0 spiro atoms. The van der Waals surface area contributed by atoms with Crippen LogP contribution in [0.5, 0.6) is 5.75 Å². The van der Waals surface area contributed by atoms with Crippen LogP contribution in [0.4, 0.5) is 8.78 Å². The number of hydrogen-bond acceptors (Lipinski definition) is 5. The van der Waals surface area contributed by atoms with Gasteiger partial charge in [-0.15, -0.1) is 0 Å². The molecule has 4 rings (SSSR count). The van der Waals surface area contributed by atoms with Crippen LogP contribution in [-0.2, 0) is 6.54 Å². The number of hydrogen-bond donors (Lipinski definition) is 3. The minimum Gasteiger partial charge on any atom is -0.503 e. The molecule has 0 unspecified atom stereocenters. The van der Waals surface area contributed by atoms with E-state index in [9.17, 15) is 33.4 Å². The number of rotatable bonds is 4. The molecule has 182 valence electrons. The van der Waals surface area contributed by atoms with Crippen molar-refractivity contribution in [3.05, 3.63) is 62.6 Å². The molecule has 10 heteroatoms. The average molecular weight is 475 g/mol. The molecule has 1 aromatic heterocycles. The van der Waals surface area contributed by atoms with Crippen molar-refractivity contribution in [3.8, 4) is 5.75 Å². The second kappa shape index (κ2) is 8.50. The van der Waals surface area contributed by atoms with E-state index in [0.29, 0.717) is 24.8 Å². The van der Waals surface area contributed by atoms with Crippen LogP contribution in [0.1, 0.15) is 71.1 Å². The number of carbonyl (C=O) groups is 2. The van der Waals surface area contributed by atoms with Crippen molar-refractivity contribution in [1.29, 1.82) is 0 Å². The zero-order valence-electron chi connectivity index (χ0n) is 19.2. The molecule has 8 nitrogen and oxygen atoms in total. The van der Waals surface area contributed by atoms with Crippen LogP contribution in [-0.4, -0.2) is 49.7 Å². The molecule has 2 aliphatic heterocycles. The van der Waals surface area contributed by atoms with Crippen molar-refractivity contribution in [2.24, 2.45) is 0 Å². The molecule has 1 fully saturated rings. The molecule has 2 aliphatic rings. The third kappa shape index (κ3) is 3.75. The summed E-state index contributed by atoms with van der Waals surface area (Å²) >= 11 is 0. The number of nitrogens with zero attached hydrogens (tertiary/aromatic N) is 2. The summed E-state index contributed by atoms with van der Waals surface area (Å²) in [6.45, 7) is 4.80. The van der Waals surface area contributed by atoms with E-state index in [1.165, 1.54) is 16.4 Å². The zero-order valence-corrected chi connectivity index (χ0v) is 19.2. The van der Waals surface area contributed by atoms with Gasteiger partial charge >= 0.3 is 0 Å². The number of carbonyl (C=O) groups excluding carboxylic acids is 2. The lowest BCUT2D eigenvalue weighted by atomic mass is 9.86. The summed E-state index contributed by atoms with van der Waals surface area (Å²) in [6.07, 6.45) is 2.42. The lowest BCUT2D eigenvalue weighted by Gasteiger charge is -2.42. The standard InChI is InChI=1S/C24H27F2N3O5/c1-4-24(34)6-5-13(3)28-11-18(24)29-10-15(20(30)21(31)19(29)23(28)33)22(32)27-9-14-16(25)7-12(2)8-17(14)26/h7-8,10,13,18,31,34H,4-6,9,11H2,1-3H3,(H,27,32)/t13-,18+,24-/m0/s1. The topological polar surface area (TPSA) is 112 Å². The van der Waals surface area contributed by atoms with Gasteiger partial charge in [-0.1, -0.05) is 6.92 Å².